The molecule has 0 unspecified atom stereocenters. The number of nitrogens with zero attached hydrogens (tertiary/aromatic N) is 2. The molecule has 0 aromatic carbocycles. The van der Waals surface area contributed by atoms with E-state index in [2.05, 4.69) is 10.3 Å². The molecule has 0 atom stereocenters. The zero-order valence-electron chi connectivity index (χ0n) is 14.1. The topological polar surface area (TPSA) is 85.5 Å². The summed E-state index contributed by atoms with van der Waals surface area (Å²) in [5.74, 6) is -0.189. The van der Waals surface area contributed by atoms with Crippen molar-refractivity contribution in [3.8, 4) is 0 Å². The lowest BCUT2D eigenvalue weighted by molar-refractivity contribution is 0.0662. The van der Waals surface area contributed by atoms with E-state index in [-0.39, 0.29) is 23.0 Å². The number of nitrogens with one attached hydrogen (secondary N) is 2. The molecule has 2 aliphatic rings. The minimum absolute atomic E-state index is 0.00338. The van der Waals surface area contributed by atoms with Crippen LogP contribution in [0.15, 0.2) is 17.1 Å². The number of carbonyl (C=O) groups excluding carboxylic acids is 2. The van der Waals surface area contributed by atoms with Gasteiger partial charge in [-0.15, -0.1) is 0 Å². The Kier molecular flexibility index (Phi) is 5.63. The van der Waals surface area contributed by atoms with Crippen LogP contribution < -0.4 is 10.9 Å². The van der Waals surface area contributed by atoms with E-state index in [0.29, 0.717) is 31.7 Å². The van der Waals surface area contributed by atoms with Crippen LogP contribution in [0.1, 0.15) is 42.5 Å². The third-order valence-corrected chi connectivity index (χ3v) is 5.17. The fraction of sp³-hybridized carbons (Fsp3) is 0.588. The number of pyridine rings is 1. The Morgan fingerprint density at radius 2 is 1.72 bits per heavy atom. The van der Waals surface area contributed by atoms with Gasteiger partial charge in [0.25, 0.3) is 11.5 Å². The quantitative estimate of drug-likeness (QED) is 0.837. The smallest absolute Gasteiger partial charge is 0.317 e. The van der Waals surface area contributed by atoms with E-state index in [1.165, 1.54) is 31.5 Å². The second kappa shape index (κ2) is 7.91. The predicted octanol–water partition coefficient (Wildman–Crippen LogP) is 1.83. The molecule has 7 nitrogen and oxygen atoms in total. The van der Waals surface area contributed by atoms with Crippen LogP contribution in [0.2, 0.25) is 5.02 Å². The summed E-state index contributed by atoms with van der Waals surface area (Å²) in [4.78, 5) is 42.0. The molecule has 2 N–H and O–H groups in total. The summed E-state index contributed by atoms with van der Waals surface area (Å²) in [7, 11) is 0. The van der Waals surface area contributed by atoms with Crippen molar-refractivity contribution in [2.24, 2.45) is 0 Å². The maximum atomic E-state index is 12.5. The molecule has 0 radical (unpaired) electrons. The van der Waals surface area contributed by atoms with Crippen LogP contribution in [0.5, 0.6) is 0 Å². The number of rotatable bonds is 2. The standard InChI is InChI=1S/C17H23ClN4O3/c18-14-10-12(11-19-15(14)23)16(24)21-6-8-22(9-7-21)17(25)20-13-4-2-1-3-5-13/h10-11,13H,1-9H2,(H,19,23)(H,20,25). The second-order valence-corrected chi connectivity index (χ2v) is 7.04. The molecule has 2 fully saturated rings. The third-order valence-electron chi connectivity index (χ3n) is 4.89. The molecule has 1 aliphatic heterocycles. The highest BCUT2D eigenvalue weighted by Crippen LogP contribution is 2.18. The van der Waals surface area contributed by atoms with E-state index >= 15 is 0 Å². The largest absolute Gasteiger partial charge is 0.335 e. The number of hydrogen-bond donors (Lipinski definition) is 2. The van der Waals surface area contributed by atoms with E-state index in [9.17, 15) is 14.4 Å². The Balaban J connectivity index is 1.52. The number of carbonyl (C=O) groups is 2. The molecule has 25 heavy (non-hydrogen) atoms. The maximum absolute atomic E-state index is 12.5. The Labute approximate surface area is 151 Å². The summed E-state index contributed by atoms with van der Waals surface area (Å²) in [5.41, 5.74) is -0.0628. The summed E-state index contributed by atoms with van der Waals surface area (Å²) >= 11 is 5.78. The SMILES string of the molecule is O=C(NC1CCCCC1)N1CCN(C(=O)c2c[nH]c(=O)c(Cl)c2)CC1. The molecular weight excluding hydrogens is 344 g/mol. The highest BCUT2D eigenvalue weighted by Gasteiger charge is 2.26. The molecule has 1 aromatic rings. The summed E-state index contributed by atoms with van der Waals surface area (Å²) in [6.07, 6.45) is 7.08. The average molecular weight is 367 g/mol. The molecule has 8 heteroatoms. The van der Waals surface area contributed by atoms with E-state index in [1.54, 1.807) is 9.80 Å². The molecule has 1 aliphatic carbocycles. The first-order chi connectivity index (χ1) is 12.0. The van der Waals surface area contributed by atoms with E-state index in [4.69, 9.17) is 11.6 Å². The lowest BCUT2D eigenvalue weighted by Crippen LogP contribution is -2.54. The van der Waals surface area contributed by atoms with Crippen LogP contribution in [-0.4, -0.2) is 58.9 Å². The van der Waals surface area contributed by atoms with Crippen molar-refractivity contribution >= 4 is 23.5 Å². The maximum Gasteiger partial charge on any atom is 0.317 e. The van der Waals surface area contributed by atoms with Gasteiger partial charge >= 0.3 is 6.03 Å². The van der Waals surface area contributed by atoms with Crippen molar-refractivity contribution < 1.29 is 9.59 Å². The Morgan fingerprint density at radius 3 is 2.36 bits per heavy atom. The number of aromatic amines is 1. The molecule has 2 heterocycles. The number of urea groups is 1. The van der Waals surface area contributed by atoms with Crippen LogP contribution >= 0.6 is 11.6 Å². The predicted molar refractivity (Wildman–Crippen MR) is 95.0 cm³/mol. The molecule has 3 amide bonds. The fourth-order valence-electron chi connectivity index (χ4n) is 3.39. The van der Waals surface area contributed by atoms with Crippen LogP contribution in [0.3, 0.4) is 0 Å². The Hall–Kier alpha value is -2.02. The number of amides is 3. The number of hydrogen-bond acceptors (Lipinski definition) is 3. The van der Waals surface area contributed by atoms with E-state index < -0.39 is 5.56 Å². The van der Waals surface area contributed by atoms with Crippen molar-refractivity contribution in [3.63, 3.8) is 0 Å². The lowest BCUT2D eigenvalue weighted by atomic mass is 9.96. The van der Waals surface area contributed by atoms with Crippen molar-refractivity contribution in [2.45, 2.75) is 38.1 Å². The zero-order chi connectivity index (χ0) is 17.8. The molecule has 0 spiro atoms. The molecule has 1 saturated carbocycles. The van der Waals surface area contributed by atoms with Crippen LogP contribution in [0.25, 0.3) is 0 Å². The lowest BCUT2D eigenvalue weighted by Gasteiger charge is -2.36. The monoisotopic (exact) mass is 366 g/mol. The Bertz CT molecular complexity index is 691. The van der Waals surface area contributed by atoms with Gasteiger partial charge in [-0.1, -0.05) is 30.9 Å². The van der Waals surface area contributed by atoms with Gasteiger partial charge in [-0.25, -0.2) is 4.79 Å². The summed E-state index contributed by atoms with van der Waals surface area (Å²) in [5, 5.41) is 3.10. The first kappa shape index (κ1) is 17.8. The average Bonchev–Trinajstić information content (AvgIpc) is 2.64. The van der Waals surface area contributed by atoms with Gasteiger partial charge in [0.05, 0.1) is 5.56 Å². The van der Waals surface area contributed by atoms with E-state index in [1.807, 2.05) is 0 Å². The summed E-state index contributed by atoms with van der Waals surface area (Å²) in [6.45, 7) is 1.93. The second-order valence-electron chi connectivity index (χ2n) is 6.63. The highest BCUT2D eigenvalue weighted by molar-refractivity contribution is 6.30. The van der Waals surface area contributed by atoms with Crippen LogP contribution in [0.4, 0.5) is 4.79 Å². The highest BCUT2D eigenvalue weighted by atomic mass is 35.5. The molecule has 3 rings (SSSR count). The van der Waals surface area contributed by atoms with Gasteiger partial charge in [0.1, 0.15) is 5.02 Å². The van der Waals surface area contributed by atoms with Crippen LogP contribution in [0, 0.1) is 0 Å². The number of aromatic nitrogens is 1. The van der Waals surface area contributed by atoms with Gasteiger partial charge in [-0.2, -0.15) is 0 Å². The minimum atomic E-state index is -0.414. The van der Waals surface area contributed by atoms with Gasteiger partial charge in [0, 0.05) is 38.4 Å². The summed E-state index contributed by atoms with van der Waals surface area (Å²) < 4.78 is 0. The number of H-pyrrole nitrogens is 1. The van der Waals surface area contributed by atoms with Crippen molar-refractivity contribution in [3.05, 3.63) is 33.2 Å². The minimum Gasteiger partial charge on any atom is -0.335 e. The first-order valence-corrected chi connectivity index (χ1v) is 9.15. The van der Waals surface area contributed by atoms with Crippen molar-refractivity contribution in [2.75, 3.05) is 26.2 Å². The van der Waals surface area contributed by atoms with Gasteiger partial charge in [-0.05, 0) is 18.9 Å². The van der Waals surface area contributed by atoms with Gasteiger partial charge < -0.3 is 20.1 Å². The molecular formula is C17H23ClN4O3. The molecule has 0 bridgehead atoms. The fourth-order valence-corrected chi connectivity index (χ4v) is 3.56. The molecule has 1 saturated heterocycles. The van der Waals surface area contributed by atoms with Gasteiger partial charge in [0.2, 0.25) is 0 Å². The Morgan fingerprint density at radius 1 is 1.08 bits per heavy atom. The van der Waals surface area contributed by atoms with Crippen molar-refractivity contribution in [1.29, 1.82) is 0 Å². The van der Waals surface area contributed by atoms with E-state index in [0.717, 1.165) is 12.8 Å². The molecule has 136 valence electrons. The van der Waals surface area contributed by atoms with Crippen LogP contribution in [-0.2, 0) is 0 Å². The zero-order valence-corrected chi connectivity index (χ0v) is 14.8. The van der Waals surface area contributed by atoms with Gasteiger partial charge in [0.15, 0.2) is 0 Å². The van der Waals surface area contributed by atoms with Crippen molar-refractivity contribution in [1.82, 2.24) is 20.1 Å². The normalized spacial score (nSPS) is 18.9. The molecule has 1 aromatic heterocycles. The third kappa shape index (κ3) is 4.34. The first-order valence-electron chi connectivity index (χ1n) is 8.77. The summed E-state index contributed by atoms with van der Waals surface area (Å²) in [6, 6.07) is 1.63. The number of halogens is 1. The van der Waals surface area contributed by atoms with Gasteiger partial charge in [-0.3, -0.25) is 9.59 Å². The number of piperazine rings is 1.